The Hall–Kier alpha value is -1.16. The monoisotopic (exact) mass is 223 g/mol. The van der Waals surface area contributed by atoms with E-state index >= 15 is 0 Å². The predicted octanol–water partition coefficient (Wildman–Crippen LogP) is 2.23. The van der Waals surface area contributed by atoms with Crippen LogP contribution in [0, 0.1) is 0 Å². The number of nitrogens with zero attached hydrogens (tertiary/aromatic N) is 2. The van der Waals surface area contributed by atoms with Crippen molar-refractivity contribution in [2.45, 2.75) is 0 Å². The predicted molar refractivity (Wildman–Crippen MR) is 49.5 cm³/mol. The van der Waals surface area contributed by atoms with Gasteiger partial charge in [0.25, 0.3) is 0 Å². The van der Waals surface area contributed by atoms with E-state index in [4.69, 9.17) is 0 Å². The molecule has 0 spiro atoms. The highest BCUT2D eigenvalue weighted by Crippen LogP contribution is 2.22. The maximum absolute atomic E-state index is 4.00. The van der Waals surface area contributed by atoms with E-state index in [9.17, 15) is 0 Å². The molecule has 0 bridgehead atoms. The molecule has 0 fully saturated rings. The molecule has 1 aromatic heterocycles. The second-order valence-corrected chi connectivity index (χ2v) is 3.08. The summed E-state index contributed by atoms with van der Waals surface area (Å²) in [6.07, 6.45) is 0. The van der Waals surface area contributed by atoms with Gasteiger partial charge in [-0.05, 0) is 15.9 Å². The Balaban J connectivity index is 2.51. The number of hydrogen-bond acceptors (Lipinski definition) is 2. The number of H-pyrrole nitrogens is 1. The summed E-state index contributed by atoms with van der Waals surface area (Å²) < 4.78 is 0.744. The van der Waals surface area contributed by atoms with E-state index < -0.39 is 0 Å². The molecular formula is C8H6BrN3. The summed E-state index contributed by atoms with van der Waals surface area (Å²) >= 11 is 3.30. The van der Waals surface area contributed by atoms with E-state index in [-0.39, 0.29) is 0 Å². The Labute approximate surface area is 77.9 Å². The van der Waals surface area contributed by atoms with Crippen molar-refractivity contribution in [3.05, 3.63) is 34.9 Å². The second-order valence-electron chi connectivity index (χ2n) is 2.33. The van der Waals surface area contributed by atoms with Gasteiger partial charge in [0, 0.05) is 5.56 Å². The Morgan fingerprint density at radius 2 is 1.83 bits per heavy atom. The summed E-state index contributed by atoms with van der Waals surface area (Å²) in [7, 11) is 0. The lowest BCUT2D eigenvalue weighted by Crippen LogP contribution is -1.76. The second kappa shape index (κ2) is 3.06. The van der Waals surface area contributed by atoms with Crippen molar-refractivity contribution in [2.24, 2.45) is 0 Å². The summed E-state index contributed by atoms with van der Waals surface area (Å²) in [4.78, 5) is 0. The molecule has 1 heterocycles. The number of hydrogen-bond donors (Lipinski definition) is 1. The molecule has 0 saturated heterocycles. The molecule has 1 N–H and O–H groups in total. The fourth-order valence-corrected chi connectivity index (χ4v) is 1.39. The SMILES string of the molecule is Brc1n[nH]nc1-c1ccccc1. The van der Waals surface area contributed by atoms with Crippen LogP contribution in [0.4, 0.5) is 0 Å². The average molecular weight is 224 g/mol. The van der Waals surface area contributed by atoms with E-state index in [1.165, 1.54) is 0 Å². The van der Waals surface area contributed by atoms with E-state index in [1.807, 2.05) is 30.3 Å². The Bertz CT molecular complexity index is 369. The van der Waals surface area contributed by atoms with Crippen LogP contribution < -0.4 is 0 Å². The van der Waals surface area contributed by atoms with Crippen molar-refractivity contribution < 1.29 is 0 Å². The molecule has 0 aliphatic rings. The number of aromatic nitrogens is 3. The van der Waals surface area contributed by atoms with Crippen LogP contribution >= 0.6 is 15.9 Å². The highest BCUT2D eigenvalue weighted by atomic mass is 79.9. The molecule has 0 aliphatic heterocycles. The maximum Gasteiger partial charge on any atom is 0.156 e. The van der Waals surface area contributed by atoms with Gasteiger partial charge >= 0.3 is 0 Å². The topological polar surface area (TPSA) is 41.6 Å². The van der Waals surface area contributed by atoms with Crippen LogP contribution in [-0.2, 0) is 0 Å². The lowest BCUT2D eigenvalue weighted by atomic mass is 10.2. The van der Waals surface area contributed by atoms with E-state index in [2.05, 4.69) is 31.3 Å². The summed E-state index contributed by atoms with van der Waals surface area (Å²) in [5, 5.41) is 10.4. The van der Waals surface area contributed by atoms with Crippen molar-refractivity contribution in [1.29, 1.82) is 0 Å². The number of halogens is 1. The van der Waals surface area contributed by atoms with Gasteiger partial charge in [0.1, 0.15) is 5.69 Å². The molecule has 0 saturated carbocycles. The minimum atomic E-state index is 0.744. The summed E-state index contributed by atoms with van der Waals surface area (Å²) in [6.45, 7) is 0. The quantitative estimate of drug-likeness (QED) is 0.806. The first-order chi connectivity index (χ1) is 5.88. The molecule has 0 amide bonds. The van der Waals surface area contributed by atoms with Crippen molar-refractivity contribution in [1.82, 2.24) is 15.4 Å². The van der Waals surface area contributed by atoms with Gasteiger partial charge < -0.3 is 0 Å². The van der Waals surface area contributed by atoms with Gasteiger partial charge in [0.05, 0.1) is 0 Å². The first kappa shape index (κ1) is 7.49. The van der Waals surface area contributed by atoms with Crippen LogP contribution in [-0.4, -0.2) is 15.4 Å². The number of benzene rings is 1. The summed E-state index contributed by atoms with van der Waals surface area (Å²) in [6, 6.07) is 9.88. The van der Waals surface area contributed by atoms with E-state index in [0.29, 0.717) is 0 Å². The molecule has 2 rings (SSSR count). The van der Waals surface area contributed by atoms with Crippen molar-refractivity contribution >= 4 is 15.9 Å². The van der Waals surface area contributed by atoms with Gasteiger partial charge in [-0.1, -0.05) is 30.3 Å². The molecule has 0 unspecified atom stereocenters. The standard InChI is InChI=1S/C8H6BrN3/c9-8-7(10-12-11-8)6-4-2-1-3-5-6/h1-5H,(H,10,11,12). The highest BCUT2D eigenvalue weighted by Gasteiger charge is 2.05. The van der Waals surface area contributed by atoms with Gasteiger partial charge in [-0.3, -0.25) is 0 Å². The van der Waals surface area contributed by atoms with E-state index in [0.717, 1.165) is 15.9 Å². The van der Waals surface area contributed by atoms with Gasteiger partial charge in [0.2, 0.25) is 0 Å². The van der Waals surface area contributed by atoms with Gasteiger partial charge in [-0.2, -0.15) is 10.3 Å². The Kier molecular flexibility index (Phi) is 1.91. The first-order valence-corrected chi connectivity index (χ1v) is 4.29. The van der Waals surface area contributed by atoms with Gasteiger partial charge in [0.15, 0.2) is 4.60 Å². The molecule has 0 atom stereocenters. The minimum absolute atomic E-state index is 0.744. The lowest BCUT2D eigenvalue weighted by molar-refractivity contribution is 0.935. The third-order valence-electron chi connectivity index (χ3n) is 1.55. The number of aromatic amines is 1. The summed E-state index contributed by atoms with van der Waals surface area (Å²) in [5.74, 6) is 0. The molecular weight excluding hydrogens is 218 g/mol. The number of rotatable bonds is 1. The zero-order valence-corrected chi connectivity index (χ0v) is 7.75. The largest absolute Gasteiger partial charge is 0.196 e. The van der Waals surface area contributed by atoms with Crippen LogP contribution in [0.3, 0.4) is 0 Å². The lowest BCUT2D eigenvalue weighted by Gasteiger charge is -1.93. The van der Waals surface area contributed by atoms with Crippen LogP contribution in [0.15, 0.2) is 34.9 Å². The Morgan fingerprint density at radius 1 is 1.08 bits per heavy atom. The third-order valence-corrected chi connectivity index (χ3v) is 2.11. The highest BCUT2D eigenvalue weighted by molar-refractivity contribution is 9.10. The fraction of sp³-hybridized carbons (Fsp3) is 0. The molecule has 3 nitrogen and oxygen atoms in total. The zero-order chi connectivity index (χ0) is 8.39. The number of nitrogens with one attached hydrogen (secondary N) is 1. The maximum atomic E-state index is 4.00. The van der Waals surface area contributed by atoms with Gasteiger partial charge in [-0.25, -0.2) is 0 Å². The van der Waals surface area contributed by atoms with Crippen LogP contribution in [0.2, 0.25) is 0 Å². The average Bonchev–Trinajstić information content (AvgIpc) is 2.53. The summed E-state index contributed by atoms with van der Waals surface area (Å²) in [5.41, 5.74) is 1.90. The smallest absolute Gasteiger partial charge is 0.156 e. The third kappa shape index (κ3) is 1.25. The van der Waals surface area contributed by atoms with Crippen molar-refractivity contribution in [3.8, 4) is 11.3 Å². The minimum Gasteiger partial charge on any atom is -0.196 e. The molecule has 12 heavy (non-hydrogen) atoms. The van der Waals surface area contributed by atoms with E-state index in [1.54, 1.807) is 0 Å². The normalized spacial score (nSPS) is 10.1. The van der Waals surface area contributed by atoms with Crippen molar-refractivity contribution in [3.63, 3.8) is 0 Å². The van der Waals surface area contributed by atoms with Crippen LogP contribution in [0.25, 0.3) is 11.3 Å². The first-order valence-electron chi connectivity index (χ1n) is 3.49. The zero-order valence-electron chi connectivity index (χ0n) is 6.16. The van der Waals surface area contributed by atoms with Crippen molar-refractivity contribution in [2.75, 3.05) is 0 Å². The molecule has 0 radical (unpaired) electrons. The molecule has 0 aliphatic carbocycles. The fourth-order valence-electron chi connectivity index (χ4n) is 0.998. The molecule has 60 valence electrons. The Morgan fingerprint density at radius 3 is 2.42 bits per heavy atom. The van der Waals surface area contributed by atoms with Crippen LogP contribution in [0.5, 0.6) is 0 Å². The molecule has 2 aromatic rings. The molecule has 1 aromatic carbocycles. The van der Waals surface area contributed by atoms with Crippen LogP contribution in [0.1, 0.15) is 0 Å². The van der Waals surface area contributed by atoms with Gasteiger partial charge in [-0.15, -0.1) is 5.10 Å². The molecule has 4 heteroatoms.